The van der Waals surface area contributed by atoms with Gasteiger partial charge in [0.05, 0.1) is 36.7 Å². The van der Waals surface area contributed by atoms with Crippen LogP contribution in [0.3, 0.4) is 0 Å². The maximum atomic E-state index is 9.43. The molecular formula is C15H17NO2. The monoisotopic (exact) mass is 243 g/mol. The summed E-state index contributed by atoms with van der Waals surface area (Å²) >= 11 is 0. The van der Waals surface area contributed by atoms with Crippen molar-refractivity contribution in [3.05, 3.63) is 29.8 Å². The molecule has 1 aromatic carbocycles. The first-order valence-electron chi connectivity index (χ1n) is 6.49. The van der Waals surface area contributed by atoms with Crippen LogP contribution in [0.4, 0.5) is 0 Å². The molecule has 1 aliphatic heterocycles. The van der Waals surface area contributed by atoms with Crippen molar-refractivity contribution in [2.24, 2.45) is 5.41 Å². The van der Waals surface area contributed by atoms with E-state index in [-0.39, 0.29) is 10.8 Å². The highest BCUT2D eigenvalue weighted by molar-refractivity contribution is 5.41. The number of nitriles is 1. The number of benzene rings is 1. The lowest BCUT2D eigenvalue weighted by atomic mass is 9.67. The highest BCUT2D eigenvalue weighted by Gasteiger charge is 2.64. The quantitative estimate of drug-likeness (QED) is 0.816. The molecule has 0 atom stereocenters. The Morgan fingerprint density at radius 2 is 1.94 bits per heavy atom. The minimum Gasteiger partial charge on any atom is -0.494 e. The molecule has 0 N–H and O–H groups in total. The van der Waals surface area contributed by atoms with Crippen molar-refractivity contribution in [2.75, 3.05) is 19.8 Å². The van der Waals surface area contributed by atoms with Gasteiger partial charge in [-0.25, -0.2) is 0 Å². The highest BCUT2D eigenvalue weighted by atomic mass is 16.5. The molecule has 18 heavy (non-hydrogen) atoms. The standard InChI is InChI=1S/C15H17NO2/c1-2-18-13-5-3-12(4-6-13)15(10-17-11-15)14(9-16)7-8-14/h3-6H,2,7-8,10-11H2,1H3. The molecule has 3 heteroatoms. The van der Waals surface area contributed by atoms with Gasteiger partial charge in [0.15, 0.2) is 0 Å². The zero-order valence-corrected chi connectivity index (χ0v) is 10.6. The Bertz CT molecular complexity index is 478. The van der Waals surface area contributed by atoms with E-state index in [9.17, 15) is 5.26 Å². The first kappa shape index (κ1) is 11.6. The molecule has 1 aliphatic carbocycles. The van der Waals surface area contributed by atoms with Crippen molar-refractivity contribution in [3.63, 3.8) is 0 Å². The molecule has 0 radical (unpaired) electrons. The maximum absolute atomic E-state index is 9.43. The van der Waals surface area contributed by atoms with Crippen LogP contribution in [0, 0.1) is 16.7 Å². The predicted octanol–water partition coefficient (Wildman–Crippen LogP) is 2.66. The fourth-order valence-corrected chi connectivity index (χ4v) is 2.88. The lowest BCUT2D eigenvalue weighted by Crippen LogP contribution is -2.53. The second kappa shape index (κ2) is 4.00. The molecule has 0 amide bonds. The number of hydrogen-bond donors (Lipinski definition) is 0. The van der Waals surface area contributed by atoms with Crippen LogP contribution in [0.15, 0.2) is 24.3 Å². The van der Waals surface area contributed by atoms with Gasteiger partial charge in [-0.15, -0.1) is 0 Å². The summed E-state index contributed by atoms with van der Waals surface area (Å²) in [5.41, 5.74) is 0.960. The smallest absolute Gasteiger partial charge is 0.119 e. The molecule has 2 aliphatic rings. The van der Waals surface area contributed by atoms with Crippen LogP contribution in [-0.4, -0.2) is 19.8 Å². The molecule has 0 aromatic heterocycles. The zero-order chi connectivity index (χ0) is 12.6. The highest BCUT2D eigenvalue weighted by Crippen LogP contribution is 2.62. The Morgan fingerprint density at radius 1 is 1.28 bits per heavy atom. The molecule has 1 saturated carbocycles. The van der Waals surface area contributed by atoms with Crippen LogP contribution in [0.5, 0.6) is 5.75 Å². The van der Waals surface area contributed by atoms with Gasteiger partial charge in [-0.05, 0) is 37.5 Å². The SMILES string of the molecule is CCOc1ccc(C2(C3(C#N)CC3)COC2)cc1. The molecule has 0 spiro atoms. The van der Waals surface area contributed by atoms with E-state index in [1.54, 1.807) is 0 Å². The summed E-state index contributed by atoms with van der Waals surface area (Å²) < 4.78 is 10.9. The fraction of sp³-hybridized carbons (Fsp3) is 0.533. The molecule has 0 unspecified atom stereocenters. The van der Waals surface area contributed by atoms with E-state index in [1.807, 2.05) is 19.1 Å². The van der Waals surface area contributed by atoms with E-state index < -0.39 is 0 Å². The molecule has 1 aromatic rings. The first-order valence-corrected chi connectivity index (χ1v) is 6.49. The Balaban J connectivity index is 1.91. The van der Waals surface area contributed by atoms with Crippen molar-refractivity contribution in [1.82, 2.24) is 0 Å². The number of rotatable bonds is 4. The van der Waals surface area contributed by atoms with E-state index >= 15 is 0 Å². The summed E-state index contributed by atoms with van der Waals surface area (Å²) in [6.07, 6.45) is 2.00. The third kappa shape index (κ3) is 1.46. The van der Waals surface area contributed by atoms with Crippen LogP contribution in [-0.2, 0) is 10.2 Å². The summed E-state index contributed by atoms with van der Waals surface area (Å²) in [5.74, 6) is 0.887. The summed E-state index contributed by atoms with van der Waals surface area (Å²) in [6, 6.07) is 10.7. The van der Waals surface area contributed by atoms with E-state index in [0.717, 1.165) is 18.6 Å². The van der Waals surface area contributed by atoms with E-state index in [4.69, 9.17) is 9.47 Å². The number of hydrogen-bond acceptors (Lipinski definition) is 3. The van der Waals surface area contributed by atoms with E-state index in [1.165, 1.54) is 5.56 Å². The van der Waals surface area contributed by atoms with Crippen molar-refractivity contribution in [2.45, 2.75) is 25.2 Å². The van der Waals surface area contributed by atoms with Crippen LogP contribution >= 0.6 is 0 Å². The van der Waals surface area contributed by atoms with Gasteiger partial charge in [0, 0.05) is 0 Å². The summed E-state index contributed by atoms with van der Waals surface area (Å²) in [5, 5.41) is 9.43. The van der Waals surface area contributed by atoms with Crippen LogP contribution < -0.4 is 4.74 Å². The van der Waals surface area contributed by atoms with Crippen LogP contribution in [0.1, 0.15) is 25.3 Å². The van der Waals surface area contributed by atoms with Gasteiger partial charge >= 0.3 is 0 Å². The fourth-order valence-electron chi connectivity index (χ4n) is 2.88. The second-order valence-electron chi connectivity index (χ2n) is 5.23. The van der Waals surface area contributed by atoms with Gasteiger partial charge in [0.2, 0.25) is 0 Å². The molecular weight excluding hydrogens is 226 g/mol. The largest absolute Gasteiger partial charge is 0.494 e. The molecule has 94 valence electrons. The van der Waals surface area contributed by atoms with Crippen molar-refractivity contribution < 1.29 is 9.47 Å². The van der Waals surface area contributed by atoms with E-state index in [0.29, 0.717) is 19.8 Å². The van der Waals surface area contributed by atoms with Gasteiger partial charge in [-0.2, -0.15) is 5.26 Å². The van der Waals surface area contributed by atoms with Crippen molar-refractivity contribution in [1.29, 1.82) is 5.26 Å². The van der Waals surface area contributed by atoms with Crippen molar-refractivity contribution in [3.8, 4) is 11.8 Å². The van der Waals surface area contributed by atoms with Gasteiger partial charge in [0.25, 0.3) is 0 Å². The summed E-state index contributed by atoms with van der Waals surface area (Å²) in [7, 11) is 0. The molecule has 3 nitrogen and oxygen atoms in total. The lowest BCUT2D eigenvalue weighted by Gasteiger charge is -2.45. The minimum absolute atomic E-state index is 0.0769. The Hall–Kier alpha value is -1.53. The maximum Gasteiger partial charge on any atom is 0.119 e. The third-order valence-electron chi connectivity index (χ3n) is 4.29. The Morgan fingerprint density at radius 3 is 2.33 bits per heavy atom. The second-order valence-corrected chi connectivity index (χ2v) is 5.23. The molecule has 1 heterocycles. The predicted molar refractivity (Wildman–Crippen MR) is 67.4 cm³/mol. The molecule has 1 saturated heterocycles. The van der Waals surface area contributed by atoms with Crippen LogP contribution in [0.2, 0.25) is 0 Å². The topological polar surface area (TPSA) is 42.2 Å². The van der Waals surface area contributed by atoms with Gasteiger partial charge in [0.1, 0.15) is 5.75 Å². The molecule has 3 rings (SSSR count). The normalized spacial score (nSPS) is 22.7. The molecule has 2 fully saturated rings. The summed E-state index contributed by atoms with van der Waals surface area (Å²) in [6.45, 7) is 4.00. The van der Waals surface area contributed by atoms with Gasteiger partial charge in [-0.3, -0.25) is 0 Å². The van der Waals surface area contributed by atoms with Crippen LogP contribution in [0.25, 0.3) is 0 Å². The van der Waals surface area contributed by atoms with Gasteiger partial charge in [-0.1, -0.05) is 12.1 Å². The average Bonchev–Trinajstić information content (AvgIpc) is 3.12. The number of ether oxygens (including phenoxy) is 2. The summed E-state index contributed by atoms with van der Waals surface area (Å²) in [4.78, 5) is 0. The Labute approximate surface area is 107 Å². The first-order chi connectivity index (χ1) is 8.76. The minimum atomic E-state index is -0.182. The molecule has 0 bridgehead atoms. The zero-order valence-electron chi connectivity index (χ0n) is 10.6. The third-order valence-corrected chi connectivity index (χ3v) is 4.29. The number of nitrogens with zero attached hydrogens (tertiary/aromatic N) is 1. The van der Waals surface area contributed by atoms with Crippen molar-refractivity contribution >= 4 is 0 Å². The average molecular weight is 243 g/mol. The van der Waals surface area contributed by atoms with Gasteiger partial charge < -0.3 is 9.47 Å². The lowest BCUT2D eigenvalue weighted by molar-refractivity contribution is -0.0867. The van der Waals surface area contributed by atoms with E-state index in [2.05, 4.69) is 18.2 Å². The Kier molecular flexibility index (Phi) is 2.57.